The number of halogens is 1. The third-order valence-corrected chi connectivity index (χ3v) is 5.22. The number of hydrogen-bond donors (Lipinski definition) is 2. The summed E-state index contributed by atoms with van der Waals surface area (Å²) < 4.78 is 34.4. The Hall–Kier alpha value is -4.79. The van der Waals surface area contributed by atoms with Crippen molar-refractivity contribution >= 4 is 29.1 Å². The van der Waals surface area contributed by atoms with E-state index in [1.807, 2.05) is 0 Å². The Morgan fingerprint density at radius 3 is 2.03 bits per heavy atom. The summed E-state index contributed by atoms with van der Waals surface area (Å²) in [5, 5.41) is 5.75. The van der Waals surface area contributed by atoms with E-state index in [1.54, 1.807) is 36.4 Å². The van der Waals surface area contributed by atoms with Crippen molar-refractivity contribution in [2.24, 2.45) is 0 Å². The van der Waals surface area contributed by atoms with Gasteiger partial charge >= 0.3 is 0 Å². The molecule has 9 heteroatoms. The number of benzene rings is 3. The van der Waals surface area contributed by atoms with Gasteiger partial charge in [-0.1, -0.05) is 0 Å². The Morgan fingerprint density at radius 2 is 1.43 bits per heavy atom. The third-order valence-electron chi connectivity index (χ3n) is 5.22. The molecule has 0 aliphatic heterocycles. The van der Waals surface area contributed by atoms with Gasteiger partial charge in [-0.05, 0) is 48.5 Å². The van der Waals surface area contributed by atoms with Crippen molar-refractivity contribution in [2.75, 3.05) is 39.1 Å². The number of anilines is 2. The Morgan fingerprint density at radius 1 is 0.784 bits per heavy atom. The van der Waals surface area contributed by atoms with Crippen molar-refractivity contribution in [3.63, 3.8) is 0 Å². The smallest absolute Gasteiger partial charge is 0.248 e. The predicted molar refractivity (Wildman–Crippen MR) is 140 cm³/mol. The number of amides is 1. The number of rotatable bonds is 11. The quantitative estimate of drug-likeness (QED) is 0.268. The molecule has 2 N–H and O–H groups in total. The van der Waals surface area contributed by atoms with Crippen molar-refractivity contribution in [3.8, 4) is 23.0 Å². The number of ether oxygens (including phenoxy) is 4. The molecule has 3 aromatic rings. The first-order valence-corrected chi connectivity index (χ1v) is 11.1. The molecule has 0 spiro atoms. The maximum Gasteiger partial charge on any atom is 0.248 e. The van der Waals surface area contributed by atoms with Crippen LogP contribution in [0.5, 0.6) is 23.0 Å². The molecule has 192 valence electrons. The van der Waals surface area contributed by atoms with Gasteiger partial charge in [0.15, 0.2) is 5.78 Å². The number of carbonyl (C=O) groups is 2. The molecule has 0 aromatic heterocycles. The number of nitrogens with one attached hydrogen (secondary N) is 2. The molecule has 37 heavy (non-hydrogen) atoms. The van der Waals surface area contributed by atoms with E-state index in [-0.39, 0.29) is 5.78 Å². The summed E-state index contributed by atoms with van der Waals surface area (Å²) in [5.41, 5.74) is 1.94. The minimum atomic E-state index is -0.417. The van der Waals surface area contributed by atoms with E-state index in [9.17, 15) is 14.0 Å². The van der Waals surface area contributed by atoms with E-state index in [4.69, 9.17) is 18.9 Å². The lowest BCUT2D eigenvalue weighted by atomic mass is 10.1. The topological polar surface area (TPSA) is 95.1 Å². The fourth-order valence-corrected chi connectivity index (χ4v) is 3.36. The first kappa shape index (κ1) is 26.8. The Bertz CT molecular complexity index is 1290. The molecule has 8 nitrogen and oxygen atoms in total. The second-order valence-corrected chi connectivity index (χ2v) is 7.53. The van der Waals surface area contributed by atoms with Crippen molar-refractivity contribution in [3.05, 3.63) is 89.9 Å². The molecule has 0 bridgehead atoms. The fraction of sp³-hybridized carbons (Fsp3) is 0.143. The van der Waals surface area contributed by atoms with Crippen LogP contribution >= 0.6 is 0 Å². The Kier molecular flexibility index (Phi) is 9.26. The van der Waals surface area contributed by atoms with Crippen LogP contribution in [0, 0.1) is 5.82 Å². The predicted octanol–water partition coefficient (Wildman–Crippen LogP) is 5.32. The van der Waals surface area contributed by atoms with E-state index in [1.165, 1.54) is 71.1 Å². The highest BCUT2D eigenvalue weighted by Crippen LogP contribution is 2.35. The van der Waals surface area contributed by atoms with E-state index in [0.29, 0.717) is 45.5 Å². The Balaban J connectivity index is 1.72. The zero-order chi connectivity index (χ0) is 26.8. The first-order valence-electron chi connectivity index (χ1n) is 11.1. The standard InChI is InChI=1S/C28H27FN2O6/c1-34-21-16-26(36-3)22(27(17-21)37-4)10-12-28(33)31-20-9-11-25(35-2)23(15-20)30-14-13-24(32)18-5-7-19(29)8-6-18/h5-17,30H,1-4H3,(H,31,33). The molecule has 0 unspecified atom stereocenters. The zero-order valence-electron chi connectivity index (χ0n) is 20.8. The van der Waals surface area contributed by atoms with E-state index in [0.717, 1.165) is 0 Å². The van der Waals surface area contributed by atoms with Crippen LogP contribution in [0.4, 0.5) is 15.8 Å². The molecular formula is C28H27FN2O6. The highest BCUT2D eigenvalue weighted by molar-refractivity contribution is 6.05. The van der Waals surface area contributed by atoms with Gasteiger partial charge in [-0.3, -0.25) is 9.59 Å². The molecule has 0 atom stereocenters. The van der Waals surface area contributed by atoms with Crippen LogP contribution < -0.4 is 29.6 Å². The molecule has 0 fully saturated rings. The van der Waals surface area contributed by atoms with Gasteiger partial charge in [0.2, 0.25) is 5.91 Å². The fourth-order valence-electron chi connectivity index (χ4n) is 3.36. The summed E-state index contributed by atoms with van der Waals surface area (Å²) in [7, 11) is 6.07. The largest absolute Gasteiger partial charge is 0.496 e. The maximum absolute atomic E-state index is 13.1. The van der Waals surface area contributed by atoms with Gasteiger partial charge in [-0.2, -0.15) is 0 Å². The summed E-state index contributed by atoms with van der Waals surface area (Å²) in [6.45, 7) is 0. The van der Waals surface area contributed by atoms with Gasteiger partial charge in [0, 0.05) is 41.7 Å². The average molecular weight is 507 g/mol. The highest BCUT2D eigenvalue weighted by Gasteiger charge is 2.12. The number of methoxy groups -OCH3 is 4. The van der Waals surface area contributed by atoms with Crippen LogP contribution in [0.3, 0.4) is 0 Å². The van der Waals surface area contributed by atoms with Gasteiger partial charge in [-0.15, -0.1) is 0 Å². The van der Waals surface area contributed by atoms with Crippen LogP contribution in [0.2, 0.25) is 0 Å². The van der Waals surface area contributed by atoms with Crippen molar-refractivity contribution in [2.45, 2.75) is 0 Å². The van der Waals surface area contributed by atoms with Crippen LogP contribution in [0.25, 0.3) is 6.08 Å². The van der Waals surface area contributed by atoms with E-state index >= 15 is 0 Å². The molecular weight excluding hydrogens is 479 g/mol. The second kappa shape index (κ2) is 12.8. The lowest BCUT2D eigenvalue weighted by Crippen LogP contribution is -2.08. The molecule has 0 saturated carbocycles. The second-order valence-electron chi connectivity index (χ2n) is 7.53. The van der Waals surface area contributed by atoms with Crippen LogP contribution in [0.1, 0.15) is 15.9 Å². The molecule has 3 aromatic carbocycles. The summed E-state index contributed by atoms with van der Waals surface area (Å²) in [5.74, 6) is 0.918. The zero-order valence-corrected chi connectivity index (χ0v) is 20.8. The maximum atomic E-state index is 13.1. The van der Waals surface area contributed by atoms with Gasteiger partial charge in [-0.25, -0.2) is 4.39 Å². The SMILES string of the molecule is COc1cc(OC)c(C=CC(=O)Nc2ccc(OC)c(NC=CC(=O)c3ccc(F)cc3)c2)c(OC)c1. The number of carbonyl (C=O) groups excluding carboxylic acids is 2. The third kappa shape index (κ3) is 7.11. The number of hydrogen-bond acceptors (Lipinski definition) is 7. The molecule has 0 radical (unpaired) electrons. The summed E-state index contributed by atoms with van der Waals surface area (Å²) in [6, 6.07) is 13.6. The van der Waals surface area contributed by atoms with E-state index in [2.05, 4.69) is 10.6 Å². The van der Waals surface area contributed by atoms with Gasteiger partial charge in [0.25, 0.3) is 0 Å². The van der Waals surface area contributed by atoms with Gasteiger partial charge < -0.3 is 29.6 Å². The highest BCUT2D eigenvalue weighted by atomic mass is 19.1. The van der Waals surface area contributed by atoms with Gasteiger partial charge in [0.1, 0.15) is 28.8 Å². The number of ketones is 1. The molecule has 0 aliphatic carbocycles. The summed E-state index contributed by atoms with van der Waals surface area (Å²) >= 11 is 0. The number of allylic oxidation sites excluding steroid dienone is 1. The van der Waals surface area contributed by atoms with Crippen LogP contribution in [-0.4, -0.2) is 40.1 Å². The average Bonchev–Trinajstić information content (AvgIpc) is 2.91. The minimum Gasteiger partial charge on any atom is -0.496 e. The lowest BCUT2D eigenvalue weighted by Gasteiger charge is -2.13. The van der Waals surface area contributed by atoms with Crippen LogP contribution in [0.15, 0.2) is 72.9 Å². The molecule has 1 amide bonds. The Labute approximate surface area is 214 Å². The molecule has 0 aliphatic rings. The first-order chi connectivity index (χ1) is 17.9. The molecule has 0 saturated heterocycles. The minimum absolute atomic E-state index is 0.301. The molecule has 3 rings (SSSR count). The normalized spacial score (nSPS) is 10.8. The lowest BCUT2D eigenvalue weighted by molar-refractivity contribution is -0.111. The summed E-state index contributed by atoms with van der Waals surface area (Å²) in [4.78, 5) is 24.9. The van der Waals surface area contributed by atoms with Gasteiger partial charge in [0.05, 0.1) is 39.7 Å². The monoisotopic (exact) mass is 506 g/mol. The summed E-state index contributed by atoms with van der Waals surface area (Å²) in [6.07, 6.45) is 5.69. The van der Waals surface area contributed by atoms with Crippen molar-refractivity contribution < 1.29 is 32.9 Å². The van der Waals surface area contributed by atoms with Crippen LogP contribution in [-0.2, 0) is 4.79 Å². The van der Waals surface area contributed by atoms with E-state index < -0.39 is 11.7 Å². The molecule has 0 heterocycles. The van der Waals surface area contributed by atoms with Crippen molar-refractivity contribution in [1.82, 2.24) is 0 Å². The van der Waals surface area contributed by atoms with Crippen molar-refractivity contribution in [1.29, 1.82) is 0 Å².